The van der Waals surface area contributed by atoms with Gasteiger partial charge in [-0.25, -0.2) is 0 Å². The molecule has 0 bridgehead atoms. The van der Waals surface area contributed by atoms with Crippen LogP contribution in [-0.2, 0) is 4.74 Å². The maximum Gasteiger partial charge on any atom is 0.119 e. The second-order valence-corrected chi connectivity index (χ2v) is 4.06. The van der Waals surface area contributed by atoms with Gasteiger partial charge in [0, 0.05) is 6.54 Å². The Kier molecular flexibility index (Phi) is 2.37. The van der Waals surface area contributed by atoms with Crippen molar-refractivity contribution in [3.63, 3.8) is 0 Å². The third kappa shape index (κ3) is 1.50. The zero-order valence-electron chi connectivity index (χ0n) is 7.94. The van der Waals surface area contributed by atoms with Crippen molar-refractivity contribution >= 4 is 0 Å². The Morgan fingerprint density at radius 3 is 2.83 bits per heavy atom. The zero-order chi connectivity index (χ0) is 8.44. The number of hydrogen-bond donors (Lipinski definition) is 1. The first-order chi connectivity index (χ1) is 5.85. The third-order valence-corrected chi connectivity index (χ3v) is 3.17. The molecule has 0 aromatic heterocycles. The Balaban J connectivity index is 1.97. The summed E-state index contributed by atoms with van der Waals surface area (Å²) in [4.78, 5) is 0. The molecular formula is C10H19NO. The lowest BCUT2D eigenvalue weighted by atomic mass is 10.1. The number of ether oxygens (including phenoxy) is 1. The minimum atomic E-state index is 0.0962. The van der Waals surface area contributed by atoms with Crippen LogP contribution < -0.4 is 5.32 Å². The lowest BCUT2D eigenvalue weighted by Gasteiger charge is -2.39. The van der Waals surface area contributed by atoms with Crippen LogP contribution in [0.15, 0.2) is 0 Å². The fourth-order valence-corrected chi connectivity index (χ4v) is 2.41. The second-order valence-electron chi connectivity index (χ2n) is 4.06. The van der Waals surface area contributed by atoms with E-state index in [1.165, 1.54) is 38.5 Å². The fraction of sp³-hybridized carbons (Fsp3) is 1.00. The quantitative estimate of drug-likeness (QED) is 0.648. The zero-order valence-corrected chi connectivity index (χ0v) is 7.94. The molecule has 0 radical (unpaired) electrons. The van der Waals surface area contributed by atoms with Crippen LogP contribution in [0.3, 0.4) is 0 Å². The predicted octanol–water partition coefficient (Wildman–Crippen LogP) is 2.05. The average Bonchev–Trinajstić information content (AvgIpc) is 2.53. The van der Waals surface area contributed by atoms with Crippen LogP contribution in [0.2, 0.25) is 0 Å². The van der Waals surface area contributed by atoms with E-state index in [1.54, 1.807) is 0 Å². The van der Waals surface area contributed by atoms with Gasteiger partial charge in [-0.1, -0.05) is 6.92 Å². The van der Waals surface area contributed by atoms with E-state index in [2.05, 4.69) is 12.2 Å². The molecule has 2 heteroatoms. The molecule has 2 nitrogen and oxygen atoms in total. The minimum Gasteiger partial charge on any atom is -0.357 e. The van der Waals surface area contributed by atoms with Crippen molar-refractivity contribution in [2.24, 2.45) is 0 Å². The summed E-state index contributed by atoms with van der Waals surface area (Å²) in [6, 6.07) is 0. The summed E-state index contributed by atoms with van der Waals surface area (Å²) in [7, 11) is 0. The standard InChI is InChI=1S/C10H19NO/c1-2-9-5-8-11-10(12-9)6-3-4-7-10/h9,11H,2-8H2,1H3. The van der Waals surface area contributed by atoms with Gasteiger partial charge in [0.15, 0.2) is 0 Å². The van der Waals surface area contributed by atoms with E-state index in [9.17, 15) is 0 Å². The average molecular weight is 169 g/mol. The van der Waals surface area contributed by atoms with Gasteiger partial charge in [0.25, 0.3) is 0 Å². The smallest absolute Gasteiger partial charge is 0.119 e. The van der Waals surface area contributed by atoms with Crippen molar-refractivity contribution in [2.45, 2.75) is 57.3 Å². The van der Waals surface area contributed by atoms with Crippen molar-refractivity contribution in [2.75, 3.05) is 6.54 Å². The SMILES string of the molecule is CCC1CCNC2(CCCC2)O1. The van der Waals surface area contributed by atoms with Crippen LogP contribution in [0.25, 0.3) is 0 Å². The summed E-state index contributed by atoms with van der Waals surface area (Å²) >= 11 is 0. The molecule has 1 atom stereocenters. The normalized spacial score (nSPS) is 34.2. The molecule has 1 N–H and O–H groups in total. The van der Waals surface area contributed by atoms with Crippen molar-refractivity contribution in [3.8, 4) is 0 Å². The topological polar surface area (TPSA) is 21.3 Å². The molecule has 1 aliphatic heterocycles. The Bertz CT molecular complexity index is 152. The van der Waals surface area contributed by atoms with E-state index in [-0.39, 0.29) is 5.72 Å². The van der Waals surface area contributed by atoms with Gasteiger partial charge in [0.2, 0.25) is 0 Å². The summed E-state index contributed by atoms with van der Waals surface area (Å²) in [5.41, 5.74) is 0.0962. The molecule has 70 valence electrons. The van der Waals surface area contributed by atoms with Crippen LogP contribution in [0.4, 0.5) is 0 Å². The Labute approximate surface area is 74.7 Å². The van der Waals surface area contributed by atoms with Gasteiger partial charge in [0.05, 0.1) is 6.10 Å². The molecule has 1 aliphatic carbocycles. The molecule has 0 aromatic carbocycles. The molecule has 2 aliphatic rings. The van der Waals surface area contributed by atoms with E-state index in [1.807, 2.05) is 0 Å². The first kappa shape index (κ1) is 8.52. The van der Waals surface area contributed by atoms with Crippen LogP contribution in [0.1, 0.15) is 45.4 Å². The van der Waals surface area contributed by atoms with Crippen molar-refractivity contribution in [3.05, 3.63) is 0 Å². The first-order valence-corrected chi connectivity index (χ1v) is 5.27. The molecule has 1 saturated carbocycles. The Hall–Kier alpha value is -0.0800. The van der Waals surface area contributed by atoms with Crippen LogP contribution >= 0.6 is 0 Å². The molecule has 1 heterocycles. The second kappa shape index (κ2) is 3.35. The monoisotopic (exact) mass is 169 g/mol. The minimum absolute atomic E-state index is 0.0962. The summed E-state index contributed by atoms with van der Waals surface area (Å²) in [6.07, 6.45) is 8.01. The molecule has 0 amide bonds. The molecule has 0 aromatic rings. The Morgan fingerprint density at radius 1 is 1.42 bits per heavy atom. The fourth-order valence-electron chi connectivity index (χ4n) is 2.41. The van der Waals surface area contributed by atoms with Crippen molar-refractivity contribution < 1.29 is 4.74 Å². The van der Waals surface area contributed by atoms with Gasteiger partial charge < -0.3 is 4.74 Å². The maximum atomic E-state index is 6.07. The third-order valence-electron chi connectivity index (χ3n) is 3.17. The molecular weight excluding hydrogens is 150 g/mol. The van der Waals surface area contributed by atoms with E-state index in [0.717, 1.165) is 6.54 Å². The first-order valence-electron chi connectivity index (χ1n) is 5.27. The highest BCUT2D eigenvalue weighted by Gasteiger charge is 2.38. The lowest BCUT2D eigenvalue weighted by Crippen LogP contribution is -2.52. The number of hydrogen-bond acceptors (Lipinski definition) is 2. The molecule has 1 spiro atoms. The van der Waals surface area contributed by atoms with E-state index in [4.69, 9.17) is 4.74 Å². The predicted molar refractivity (Wildman–Crippen MR) is 49.0 cm³/mol. The van der Waals surface area contributed by atoms with Gasteiger partial charge in [-0.2, -0.15) is 0 Å². The molecule has 2 rings (SSSR count). The van der Waals surface area contributed by atoms with E-state index < -0.39 is 0 Å². The summed E-state index contributed by atoms with van der Waals surface area (Å²) in [6.45, 7) is 3.37. The summed E-state index contributed by atoms with van der Waals surface area (Å²) in [5, 5.41) is 3.54. The molecule has 1 unspecified atom stereocenters. The van der Waals surface area contributed by atoms with Gasteiger partial charge in [-0.15, -0.1) is 0 Å². The highest BCUT2D eigenvalue weighted by molar-refractivity contribution is 4.88. The van der Waals surface area contributed by atoms with E-state index in [0.29, 0.717) is 6.10 Å². The number of rotatable bonds is 1. The molecule has 1 saturated heterocycles. The molecule has 2 fully saturated rings. The van der Waals surface area contributed by atoms with E-state index >= 15 is 0 Å². The van der Waals surface area contributed by atoms with Gasteiger partial charge in [-0.05, 0) is 38.5 Å². The van der Waals surface area contributed by atoms with Crippen LogP contribution in [0.5, 0.6) is 0 Å². The Morgan fingerprint density at radius 2 is 2.17 bits per heavy atom. The van der Waals surface area contributed by atoms with Crippen LogP contribution in [0, 0.1) is 0 Å². The molecule has 12 heavy (non-hydrogen) atoms. The summed E-state index contributed by atoms with van der Waals surface area (Å²) < 4.78 is 6.07. The largest absolute Gasteiger partial charge is 0.357 e. The van der Waals surface area contributed by atoms with Gasteiger partial charge >= 0.3 is 0 Å². The van der Waals surface area contributed by atoms with Gasteiger partial charge in [0.1, 0.15) is 5.72 Å². The van der Waals surface area contributed by atoms with Crippen molar-refractivity contribution in [1.82, 2.24) is 5.32 Å². The highest BCUT2D eigenvalue weighted by atomic mass is 16.5. The number of nitrogens with one attached hydrogen (secondary N) is 1. The van der Waals surface area contributed by atoms with Gasteiger partial charge in [-0.3, -0.25) is 5.32 Å². The maximum absolute atomic E-state index is 6.07. The van der Waals surface area contributed by atoms with Crippen LogP contribution in [-0.4, -0.2) is 18.4 Å². The summed E-state index contributed by atoms with van der Waals surface area (Å²) in [5.74, 6) is 0. The highest BCUT2D eigenvalue weighted by Crippen LogP contribution is 2.34. The van der Waals surface area contributed by atoms with Crippen molar-refractivity contribution in [1.29, 1.82) is 0 Å². The lowest BCUT2D eigenvalue weighted by molar-refractivity contribution is -0.138.